The van der Waals surface area contributed by atoms with Crippen LogP contribution in [0.15, 0.2) is 0 Å². The SMILES string of the molecule is CCOC(=O)[C@H](N)CCC[C@H](N)C(=O)OCC. The van der Waals surface area contributed by atoms with Crippen LogP contribution >= 0.6 is 0 Å². The van der Waals surface area contributed by atoms with E-state index in [1.165, 1.54) is 0 Å². The van der Waals surface area contributed by atoms with Crippen molar-refractivity contribution in [3.05, 3.63) is 0 Å². The fourth-order valence-corrected chi connectivity index (χ4v) is 1.29. The van der Waals surface area contributed by atoms with Gasteiger partial charge in [-0.1, -0.05) is 0 Å². The van der Waals surface area contributed by atoms with Crippen LogP contribution in [0.3, 0.4) is 0 Å². The first-order valence-electron chi connectivity index (χ1n) is 5.87. The van der Waals surface area contributed by atoms with E-state index in [0.717, 1.165) is 0 Å². The van der Waals surface area contributed by atoms with Gasteiger partial charge in [0.1, 0.15) is 12.1 Å². The molecule has 0 rings (SSSR count). The summed E-state index contributed by atoms with van der Waals surface area (Å²) in [4.78, 5) is 22.4. The Kier molecular flexibility index (Phi) is 8.35. The minimum absolute atomic E-state index is 0.314. The highest BCUT2D eigenvalue weighted by molar-refractivity contribution is 5.76. The highest BCUT2D eigenvalue weighted by Gasteiger charge is 2.17. The van der Waals surface area contributed by atoms with Gasteiger partial charge in [0.2, 0.25) is 0 Å². The zero-order valence-corrected chi connectivity index (χ0v) is 10.5. The summed E-state index contributed by atoms with van der Waals surface area (Å²) in [5.74, 6) is -0.839. The van der Waals surface area contributed by atoms with Crippen molar-refractivity contribution in [3.8, 4) is 0 Å². The van der Waals surface area contributed by atoms with Gasteiger partial charge in [-0.3, -0.25) is 9.59 Å². The van der Waals surface area contributed by atoms with Crippen molar-refractivity contribution in [2.75, 3.05) is 13.2 Å². The Balaban J connectivity index is 3.75. The molecule has 0 aliphatic rings. The molecule has 0 amide bonds. The Morgan fingerprint density at radius 2 is 1.29 bits per heavy atom. The fraction of sp³-hybridized carbons (Fsp3) is 0.818. The number of carbonyl (C=O) groups is 2. The van der Waals surface area contributed by atoms with E-state index < -0.39 is 24.0 Å². The van der Waals surface area contributed by atoms with Crippen LogP contribution in [0, 0.1) is 0 Å². The fourth-order valence-electron chi connectivity index (χ4n) is 1.29. The Bertz CT molecular complexity index is 222. The largest absolute Gasteiger partial charge is 0.465 e. The summed E-state index contributed by atoms with van der Waals surface area (Å²) in [6.45, 7) is 4.08. The molecule has 100 valence electrons. The lowest BCUT2D eigenvalue weighted by Crippen LogP contribution is -2.35. The highest BCUT2D eigenvalue weighted by Crippen LogP contribution is 2.04. The molecular weight excluding hydrogens is 224 g/mol. The van der Waals surface area contributed by atoms with Crippen LogP contribution in [-0.4, -0.2) is 37.2 Å². The van der Waals surface area contributed by atoms with Gasteiger partial charge in [0.15, 0.2) is 0 Å². The number of esters is 2. The van der Waals surface area contributed by atoms with Crippen LogP contribution in [0.1, 0.15) is 33.1 Å². The minimum atomic E-state index is -0.649. The van der Waals surface area contributed by atoms with Crippen LogP contribution in [0.25, 0.3) is 0 Å². The maximum atomic E-state index is 11.2. The van der Waals surface area contributed by atoms with Crippen LogP contribution in [0.5, 0.6) is 0 Å². The van der Waals surface area contributed by atoms with Crippen molar-refractivity contribution in [2.45, 2.75) is 45.2 Å². The van der Waals surface area contributed by atoms with Gasteiger partial charge in [-0.2, -0.15) is 0 Å². The molecule has 0 saturated heterocycles. The van der Waals surface area contributed by atoms with Crippen molar-refractivity contribution in [1.29, 1.82) is 0 Å². The Morgan fingerprint density at radius 3 is 1.59 bits per heavy atom. The average Bonchev–Trinajstić information content (AvgIpc) is 2.29. The summed E-state index contributed by atoms with van der Waals surface area (Å²) in [5, 5.41) is 0. The molecule has 0 aliphatic carbocycles. The third-order valence-corrected chi connectivity index (χ3v) is 2.21. The molecule has 0 heterocycles. The van der Waals surface area contributed by atoms with E-state index in [0.29, 0.717) is 32.5 Å². The molecule has 0 bridgehead atoms. The molecule has 0 fully saturated rings. The van der Waals surface area contributed by atoms with Crippen molar-refractivity contribution in [1.82, 2.24) is 0 Å². The minimum Gasteiger partial charge on any atom is -0.465 e. The summed E-state index contributed by atoms with van der Waals surface area (Å²) in [5.41, 5.74) is 11.2. The molecule has 6 heteroatoms. The van der Waals surface area contributed by atoms with Crippen molar-refractivity contribution < 1.29 is 19.1 Å². The molecule has 6 nitrogen and oxygen atoms in total. The maximum absolute atomic E-state index is 11.2. The zero-order chi connectivity index (χ0) is 13.3. The van der Waals surface area contributed by atoms with E-state index in [1.54, 1.807) is 13.8 Å². The summed E-state index contributed by atoms with van der Waals surface area (Å²) in [6, 6.07) is -1.30. The molecule has 0 aromatic carbocycles. The molecule has 17 heavy (non-hydrogen) atoms. The second-order valence-corrected chi connectivity index (χ2v) is 3.65. The van der Waals surface area contributed by atoms with Crippen LogP contribution in [-0.2, 0) is 19.1 Å². The molecule has 2 atom stereocenters. The number of hydrogen-bond donors (Lipinski definition) is 2. The predicted molar refractivity (Wildman–Crippen MR) is 63.1 cm³/mol. The Labute approximate surface area is 102 Å². The number of carbonyl (C=O) groups excluding carboxylic acids is 2. The molecule has 0 unspecified atom stereocenters. The summed E-state index contributed by atoms with van der Waals surface area (Å²) in [7, 11) is 0. The van der Waals surface area contributed by atoms with Gasteiger partial charge in [0.25, 0.3) is 0 Å². The third-order valence-electron chi connectivity index (χ3n) is 2.21. The first-order chi connectivity index (χ1) is 8.02. The van der Waals surface area contributed by atoms with Crippen molar-refractivity contribution in [2.24, 2.45) is 11.5 Å². The number of rotatable bonds is 8. The second kappa shape index (κ2) is 8.95. The van der Waals surface area contributed by atoms with Crippen LogP contribution in [0.2, 0.25) is 0 Å². The van der Waals surface area contributed by atoms with Crippen molar-refractivity contribution >= 4 is 11.9 Å². The summed E-state index contributed by atoms with van der Waals surface area (Å²) < 4.78 is 9.52. The lowest BCUT2D eigenvalue weighted by Gasteiger charge is -2.12. The van der Waals surface area contributed by atoms with Gasteiger partial charge in [0, 0.05) is 0 Å². The number of ether oxygens (including phenoxy) is 2. The molecule has 4 N–H and O–H groups in total. The summed E-state index contributed by atoms with van der Waals surface area (Å²) in [6.07, 6.45) is 1.48. The van der Waals surface area contributed by atoms with Gasteiger partial charge >= 0.3 is 11.9 Å². The topological polar surface area (TPSA) is 105 Å². The molecule has 0 aromatic heterocycles. The van der Waals surface area contributed by atoms with E-state index in [2.05, 4.69) is 0 Å². The van der Waals surface area contributed by atoms with E-state index in [4.69, 9.17) is 20.9 Å². The smallest absolute Gasteiger partial charge is 0.322 e. The normalized spacial score (nSPS) is 13.9. The first-order valence-corrected chi connectivity index (χ1v) is 5.87. The van der Waals surface area contributed by atoms with E-state index in [9.17, 15) is 9.59 Å². The number of hydrogen-bond acceptors (Lipinski definition) is 6. The third kappa shape index (κ3) is 6.91. The monoisotopic (exact) mass is 246 g/mol. The first kappa shape index (κ1) is 15.9. The van der Waals surface area contributed by atoms with Crippen LogP contribution in [0.4, 0.5) is 0 Å². The molecule has 0 aromatic rings. The zero-order valence-electron chi connectivity index (χ0n) is 10.5. The Hall–Kier alpha value is -1.14. The second-order valence-electron chi connectivity index (χ2n) is 3.65. The van der Waals surface area contributed by atoms with Crippen molar-refractivity contribution in [3.63, 3.8) is 0 Å². The molecule has 0 radical (unpaired) electrons. The quantitative estimate of drug-likeness (QED) is 0.581. The summed E-state index contributed by atoms with van der Waals surface area (Å²) >= 11 is 0. The van der Waals surface area contributed by atoms with Gasteiger partial charge < -0.3 is 20.9 Å². The number of nitrogens with two attached hydrogens (primary N) is 2. The lowest BCUT2D eigenvalue weighted by molar-refractivity contribution is -0.145. The van der Waals surface area contributed by atoms with Gasteiger partial charge in [-0.25, -0.2) is 0 Å². The Morgan fingerprint density at radius 1 is 0.941 bits per heavy atom. The molecule has 0 saturated carbocycles. The molecule has 0 aliphatic heterocycles. The molecule has 0 spiro atoms. The van der Waals surface area contributed by atoms with E-state index >= 15 is 0 Å². The maximum Gasteiger partial charge on any atom is 0.322 e. The molecular formula is C11H22N2O4. The lowest BCUT2D eigenvalue weighted by atomic mass is 10.1. The van der Waals surface area contributed by atoms with Gasteiger partial charge in [-0.05, 0) is 33.1 Å². The van der Waals surface area contributed by atoms with Gasteiger partial charge in [-0.15, -0.1) is 0 Å². The van der Waals surface area contributed by atoms with E-state index in [-0.39, 0.29) is 0 Å². The van der Waals surface area contributed by atoms with Gasteiger partial charge in [0.05, 0.1) is 13.2 Å². The van der Waals surface area contributed by atoms with E-state index in [1.807, 2.05) is 0 Å². The van der Waals surface area contributed by atoms with Crippen LogP contribution < -0.4 is 11.5 Å². The predicted octanol–water partition coefficient (Wildman–Crippen LogP) is -0.0625. The highest BCUT2D eigenvalue weighted by atomic mass is 16.5. The standard InChI is InChI=1S/C11H22N2O4/c1-3-16-10(14)8(12)6-5-7-9(13)11(15)17-4-2/h8-9H,3-7,12-13H2,1-2H3/t8-,9+. The average molecular weight is 246 g/mol.